The van der Waals surface area contributed by atoms with Gasteiger partial charge in [-0.1, -0.05) is 12.6 Å². The average Bonchev–Trinajstić information content (AvgIpc) is 3.09. The molecule has 0 atom stereocenters. The van der Waals surface area contributed by atoms with Gasteiger partial charge in [-0.3, -0.25) is 15.1 Å². The second kappa shape index (κ2) is 10.00. The highest BCUT2D eigenvalue weighted by Crippen LogP contribution is 1.89. The molecule has 20 heavy (non-hydrogen) atoms. The van der Waals surface area contributed by atoms with Gasteiger partial charge in [0, 0.05) is 12.1 Å². The molecule has 3 heterocycles. The molecule has 0 aromatic carbocycles. The first-order chi connectivity index (χ1) is 9.20. The smallest absolute Gasteiger partial charge is 0.177 e. The zero-order valence-corrected chi connectivity index (χ0v) is 9.83. The summed E-state index contributed by atoms with van der Waals surface area (Å²) in [6, 6.07) is 2.89. The van der Waals surface area contributed by atoms with E-state index in [0.717, 1.165) is 18.0 Å². The van der Waals surface area contributed by atoms with Crippen LogP contribution in [0.15, 0.2) is 51.0 Å². The summed E-state index contributed by atoms with van der Waals surface area (Å²) in [6.45, 7) is 1.88. The molecule has 0 bridgehead atoms. The van der Waals surface area contributed by atoms with Gasteiger partial charge >= 0.3 is 0 Å². The molecule has 0 spiro atoms. The highest BCUT2D eigenvalue weighted by molar-refractivity contribution is 5.09. The van der Waals surface area contributed by atoms with Crippen LogP contribution in [-0.4, -0.2) is 20.7 Å². The van der Waals surface area contributed by atoms with Gasteiger partial charge in [-0.05, 0) is 19.0 Å². The Hall–Kier alpha value is -2.97. The minimum absolute atomic E-state index is 0. The molecule has 0 radical (unpaired) electrons. The second-order valence-corrected chi connectivity index (χ2v) is 2.95. The molecule has 0 fully saturated rings. The van der Waals surface area contributed by atoms with E-state index in [9.17, 15) is 9.90 Å². The fourth-order valence-corrected chi connectivity index (χ4v) is 0.731. The van der Waals surface area contributed by atoms with Crippen LogP contribution in [-0.2, 0) is 0 Å². The van der Waals surface area contributed by atoms with E-state index in [1.54, 1.807) is 12.3 Å². The van der Waals surface area contributed by atoms with Gasteiger partial charge < -0.3 is 19.1 Å². The highest BCUT2D eigenvalue weighted by atomic mass is 16.5. The third-order valence-corrected chi connectivity index (χ3v) is 1.53. The van der Waals surface area contributed by atoms with Gasteiger partial charge in [0.1, 0.15) is 6.26 Å². The molecule has 0 N–H and O–H groups in total. The summed E-state index contributed by atoms with van der Waals surface area (Å²) in [4.78, 5) is 10.2. The van der Waals surface area contributed by atoms with Crippen LogP contribution in [0.1, 0.15) is 13.1 Å². The van der Waals surface area contributed by atoms with Crippen LogP contribution in [0.2, 0.25) is 0 Å². The first-order valence-electron chi connectivity index (χ1n) is 4.92. The Kier molecular flexibility index (Phi) is 8.51. The molecule has 0 aliphatic carbocycles. The van der Waals surface area contributed by atoms with Crippen molar-refractivity contribution in [2.45, 2.75) is 14.4 Å². The Balaban J connectivity index is 0.000000271. The third kappa shape index (κ3) is 7.37. The topological polar surface area (TPSA) is 132 Å². The summed E-state index contributed by atoms with van der Waals surface area (Å²) in [7, 11) is 0. The van der Waals surface area contributed by atoms with E-state index in [1.165, 1.54) is 12.6 Å². The molecular weight excluding hydrogens is 266 g/mol. The second-order valence-electron chi connectivity index (χ2n) is 2.95. The Morgan fingerprint density at radius 2 is 2.10 bits per heavy atom. The van der Waals surface area contributed by atoms with Crippen LogP contribution in [0.25, 0.3) is 0 Å². The van der Waals surface area contributed by atoms with Crippen molar-refractivity contribution in [3.8, 4) is 5.75 Å². The maximum atomic E-state index is 10.2. The fourth-order valence-electron chi connectivity index (χ4n) is 0.731. The number of hydrogen-bond acceptors (Lipinski definition) is 8. The van der Waals surface area contributed by atoms with E-state index in [0.29, 0.717) is 0 Å². The van der Waals surface area contributed by atoms with Crippen molar-refractivity contribution in [2.75, 3.05) is 0 Å². The van der Waals surface area contributed by atoms with Gasteiger partial charge in [0.15, 0.2) is 5.43 Å². The molecule has 0 unspecified atom stereocenters. The van der Waals surface area contributed by atoms with Crippen molar-refractivity contribution in [1.82, 2.24) is 25.8 Å². The lowest BCUT2D eigenvalue weighted by atomic mass is 10.5. The number of nitrogens with zero attached hydrogens (tertiary/aromatic N) is 5. The number of hydrogen-bond donors (Lipinski definition) is 0. The highest BCUT2D eigenvalue weighted by Gasteiger charge is 1.79. The summed E-state index contributed by atoms with van der Waals surface area (Å²) in [5, 5.41) is 26.5. The molecule has 0 saturated carbocycles. The molecule has 0 aliphatic heterocycles. The van der Waals surface area contributed by atoms with E-state index in [1.807, 2.05) is 6.92 Å². The Labute approximate surface area is 114 Å². The van der Waals surface area contributed by atoms with Crippen molar-refractivity contribution < 1.29 is 14.0 Å². The van der Waals surface area contributed by atoms with Gasteiger partial charge in [-0.25, -0.2) is 0 Å². The number of tetrazole rings is 1. The van der Waals surface area contributed by atoms with Crippen molar-refractivity contribution in [3.63, 3.8) is 0 Å². The zero-order chi connectivity index (χ0) is 13.9. The summed E-state index contributed by atoms with van der Waals surface area (Å²) >= 11 is 0. The molecule has 9 nitrogen and oxygen atoms in total. The Morgan fingerprint density at radius 3 is 2.35 bits per heavy atom. The lowest BCUT2D eigenvalue weighted by Gasteiger charge is -1.96. The predicted octanol–water partition coefficient (Wildman–Crippen LogP) is 0.161. The summed E-state index contributed by atoms with van der Waals surface area (Å²) < 4.78 is 8.84. The van der Waals surface area contributed by atoms with Crippen molar-refractivity contribution in [3.05, 3.63) is 53.2 Å². The normalized spacial score (nSPS) is 8.25. The lowest BCUT2D eigenvalue weighted by Crippen LogP contribution is -2.05. The molecule has 108 valence electrons. The molecule has 3 aromatic rings. The zero-order valence-electron chi connectivity index (χ0n) is 9.83. The van der Waals surface area contributed by atoms with Crippen molar-refractivity contribution in [1.29, 1.82) is 0 Å². The van der Waals surface area contributed by atoms with E-state index in [4.69, 9.17) is 0 Å². The van der Waals surface area contributed by atoms with E-state index in [2.05, 4.69) is 34.7 Å². The van der Waals surface area contributed by atoms with Crippen LogP contribution >= 0.6 is 0 Å². The van der Waals surface area contributed by atoms with Gasteiger partial charge in [-0.15, -0.1) is 0 Å². The minimum Gasteiger partial charge on any atom is -0.868 e. The SMILES string of the molecule is C.Cc1ccon1.O=c1ccocc1[O-].c1nnn[n-]1. The molecule has 3 aromatic heterocycles. The monoisotopic (exact) mass is 279 g/mol. The summed E-state index contributed by atoms with van der Waals surface area (Å²) in [5.74, 6) is -0.604. The summed E-state index contributed by atoms with van der Waals surface area (Å²) in [5.41, 5.74) is 0.395. The standard InChI is InChI=1S/C5H4O3.C4H5NO.CHN4.CH4/c6-4-1-2-8-3-5(4)7;1-4-2-3-6-5-4;1-2-4-5-3-1;/h1-3,7H;2-3H,1H3;1H;1H4/q;;-1;/p-1. The Morgan fingerprint density at radius 1 is 1.30 bits per heavy atom. The number of aryl methyl sites for hydroxylation is 1. The van der Waals surface area contributed by atoms with Gasteiger partial charge in [0.05, 0.1) is 18.2 Å². The average molecular weight is 279 g/mol. The molecular formula is C11H13N5O4-2. The molecule has 0 amide bonds. The third-order valence-electron chi connectivity index (χ3n) is 1.53. The fraction of sp³-hybridized carbons (Fsp3) is 0.182. The quantitative estimate of drug-likeness (QED) is 0.564. The van der Waals surface area contributed by atoms with Crippen LogP contribution in [0.3, 0.4) is 0 Å². The minimum atomic E-state index is -0.604. The number of aromatic nitrogens is 5. The van der Waals surface area contributed by atoms with Crippen LogP contribution in [0.5, 0.6) is 5.75 Å². The van der Waals surface area contributed by atoms with E-state index in [-0.39, 0.29) is 7.43 Å². The maximum Gasteiger partial charge on any atom is 0.177 e. The van der Waals surface area contributed by atoms with Gasteiger partial charge in [0.2, 0.25) is 0 Å². The van der Waals surface area contributed by atoms with E-state index >= 15 is 0 Å². The molecule has 9 heteroatoms. The molecule has 3 rings (SSSR count). The lowest BCUT2D eigenvalue weighted by molar-refractivity contribution is -0.271. The van der Waals surface area contributed by atoms with Crippen LogP contribution in [0.4, 0.5) is 0 Å². The largest absolute Gasteiger partial charge is 0.868 e. The first-order valence-corrected chi connectivity index (χ1v) is 4.92. The Bertz CT molecular complexity index is 574. The molecule has 0 saturated heterocycles. The maximum absolute atomic E-state index is 10.2. The van der Waals surface area contributed by atoms with Crippen molar-refractivity contribution in [2.24, 2.45) is 0 Å². The first kappa shape index (κ1) is 17.0. The van der Waals surface area contributed by atoms with E-state index < -0.39 is 11.2 Å². The summed E-state index contributed by atoms with van der Waals surface area (Å²) in [6.07, 6.45) is 4.88. The van der Waals surface area contributed by atoms with Crippen LogP contribution in [0, 0.1) is 6.92 Å². The van der Waals surface area contributed by atoms with Gasteiger partial charge in [-0.2, -0.15) is 5.21 Å². The van der Waals surface area contributed by atoms with Gasteiger partial charge in [0.25, 0.3) is 0 Å². The predicted molar refractivity (Wildman–Crippen MR) is 65.5 cm³/mol. The number of rotatable bonds is 0. The van der Waals surface area contributed by atoms with Crippen molar-refractivity contribution >= 4 is 0 Å². The molecule has 0 aliphatic rings. The van der Waals surface area contributed by atoms with Crippen LogP contribution < -0.4 is 15.6 Å².